The van der Waals surface area contributed by atoms with E-state index in [-0.39, 0.29) is 5.54 Å². The summed E-state index contributed by atoms with van der Waals surface area (Å²) in [6.07, 6.45) is 3.84. The van der Waals surface area contributed by atoms with E-state index in [9.17, 15) is 0 Å². The van der Waals surface area contributed by atoms with Crippen molar-refractivity contribution in [3.63, 3.8) is 0 Å². The Labute approximate surface area is 118 Å². The van der Waals surface area contributed by atoms with Gasteiger partial charge in [0.1, 0.15) is 0 Å². The van der Waals surface area contributed by atoms with E-state index < -0.39 is 0 Å². The Hall–Kier alpha value is -1.02. The van der Waals surface area contributed by atoms with Gasteiger partial charge in [-0.05, 0) is 42.9 Å². The van der Waals surface area contributed by atoms with E-state index >= 15 is 0 Å². The molecule has 0 amide bonds. The molecule has 1 aromatic carbocycles. The lowest BCUT2D eigenvalue weighted by molar-refractivity contribution is 0.144. The molecule has 1 aliphatic carbocycles. The number of benzene rings is 1. The predicted octanol–water partition coefficient (Wildman–Crippen LogP) is 3.58. The van der Waals surface area contributed by atoms with Gasteiger partial charge in [0, 0.05) is 19.3 Å². The number of nitrogens with two attached hydrogens (primary N) is 1. The van der Waals surface area contributed by atoms with Gasteiger partial charge >= 0.3 is 0 Å². The molecule has 0 heterocycles. The summed E-state index contributed by atoms with van der Waals surface area (Å²) in [4.78, 5) is 2.44. The Morgan fingerprint density at radius 1 is 1.37 bits per heavy atom. The third kappa shape index (κ3) is 2.51. The highest BCUT2D eigenvalue weighted by Gasteiger charge is 2.43. The molecule has 2 rings (SSSR count). The van der Waals surface area contributed by atoms with Crippen molar-refractivity contribution in [1.29, 1.82) is 0 Å². The summed E-state index contributed by atoms with van der Waals surface area (Å²) in [6.45, 7) is 7.64. The van der Waals surface area contributed by atoms with Crippen LogP contribution in [-0.2, 0) is 0 Å². The molecule has 1 aliphatic rings. The van der Waals surface area contributed by atoms with Crippen LogP contribution in [0.5, 0.6) is 0 Å². The zero-order valence-corrected chi connectivity index (χ0v) is 12.8. The van der Waals surface area contributed by atoms with Gasteiger partial charge < -0.3 is 10.6 Å². The van der Waals surface area contributed by atoms with Crippen LogP contribution in [0.25, 0.3) is 0 Å². The molecular formula is C17H28N2. The minimum Gasteiger partial charge on any atom is -0.367 e. The zero-order valence-electron chi connectivity index (χ0n) is 12.8. The largest absolute Gasteiger partial charge is 0.367 e. The first kappa shape index (κ1) is 14.4. The highest BCUT2D eigenvalue weighted by atomic mass is 15.2. The van der Waals surface area contributed by atoms with Crippen LogP contribution in [0.4, 0.5) is 5.69 Å². The van der Waals surface area contributed by atoms with Gasteiger partial charge in [0.05, 0.1) is 5.54 Å². The molecule has 2 N–H and O–H groups in total. The Morgan fingerprint density at radius 3 is 2.74 bits per heavy atom. The first-order valence-electron chi connectivity index (χ1n) is 7.52. The second-order valence-corrected chi connectivity index (χ2v) is 6.36. The average molecular weight is 260 g/mol. The van der Waals surface area contributed by atoms with Crippen molar-refractivity contribution in [2.75, 3.05) is 18.5 Å². The lowest BCUT2D eigenvalue weighted by Crippen LogP contribution is -2.60. The van der Waals surface area contributed by atoms with Crippen molar-refractivity contribution >= 4 is 5.69 Å². The Kier molecular flexibility index (Phi) is 4.19. The van der Waals surface area contributed by atoms with Gasteiger partial charge in [-0.15, -0.1) is 0 Å². The second-order valence-electron chi connectivity index (χ2n) is 6.36. The van der Waals surface area contributed by atoms with Crippen molar-refractivity contribution in [3.8, 4) is 0 Å². The van der Waals surface area contributed by atoms with Crippen LogP contribution in [0.1, 0.15) is 38.7 Å². The summed E-state index contributed by atoms with van der Waals surface area (Å²) in [5.74, 6) is 1.39. The Bertz CT molecular complexity index is 429. The number of aryl methyl sites for hydroxylation is 1. The monoisotopic (exact) mass is 260 g/mol. The van der Waals surface area contributed by atoms with Gasteiger partial charge in [-0.3, -0.25) is 0 Å². The molecule has 3 atom stereocenters. The molecule has 0 aromatic heterocycles. The first-order chi connectivity index (χ1) is 9.01. The number of anilines is 1. The van der Waals surface area contributed by atoms with Crippen LogP contribution in [0.3, 0.4) is 0 Å². The molecule has 3 unspecified atom stereocenters. The lowest BCUT2D eigenvalue weighted by atomic mass is 9.67. The number of likely N-dealkylation sites (N-methyl/N-ethyl adjacent to an activating group) is 1. The standard InChI is InChI=1S/C17H28N2/c1-13-7-5-9-16(11-13)19(4)17(12-18)10-6-8-14(2)15(17)3/h5,7,9,11,14-15H,6,8,10,12,18H2,1-4H3. The molecule has 2 nitrogen and oxygen atoms in total. The third-order valence-corrected chi connectivity index (χ3v) is 5.38. The second kappa shape index (κ2) is 5.54. The maximum atomic E-state index is 6.23. The van der Waals surface area contributed by atoms with E-state index in [0.29, 0.717) is 5.92 Å². The molecule has 0 spiro atoms. The van der Waals surface area contributed by atoms with Gasteiger partial charge in [0.2, 0.25) is 0 Å². The summed E-state index contributed by atoms with van der Waals surface area (Å²) in [6, 6.07) is 8.77. The third-order valence-electron chi connectivity index (χ3n) is 5.38. The molecule has 19 heavy (non-hydrogen) atoms. The summed E-state index contributed by atoms with van der Waals surface area (Å²) >= 11 is 0. The fourth-order valence-corrected chi connectivity index (χ4v) is 3.73. The molecule has 0 saturated heterocycles. The molecule has 0 radical (unpaired) electrons. The summed E-state index contributed by atoms with van der Waals surface area (Å²) in [5, 5.41) is 0. The van der Waals surface area contributed by atoms with Crippen molar-refractivity contribution in [3.05, 3.63) is 29.8 Å². The van der Waals surface area contributed by atoms with Crippen LogP contribution < -0.4 is 10.6 Å². The SMILES string of the molecule is Cc1cccc(N(C)C2(CN)CCCC(C)C2C)c1. The number of nitrogens with zero attached hydrogens (tertiary/aromatic N) is 1. The van der Waals surface area contributed by atoms with E-state index in [2.05, 4.69) is 57.0 Å². The predicted molar refractivity (Wildman–Crippen MR) is 83.5 cm³/mol. The van der Waals surface area contributed by atoms with Gasteiger partial charge in [-0.2, -0.15) is 0 Å². The van der Waals surface area contributed by atoms with Crippen LogP contribution in [0.2, 0.25) is 0 Å². The molecule has 1 aromatic rings. The van der Waals surface area contributed by atoms with E-state index in [4.69, 9.17) is 5.73 Å². The average Bonchev–Trinajstić information content (AvgIpc) is 2.41. The summed E-state index contributed by atoms with van der Waals surface area (Å²) < 4.78 is 0. The molecule has 0 bridgehead atoms. The summed E-state index contributed by atoms with van der Waals surface area (Å²) in [5.41, 5.74) is 8.95. The minimum atomic E-state index is 0.117. The fourth-order valence-electron chi connectivity index (χ4n) is 3.73. The van der Waals surface area contributed by atoms with Gasteiger partial charge in [0.25, 0.3) is 0 Å². The molecule has 0 aliphatic heterocycles. The highest BCUT2D eigenvalue weighted by molar-refractivity contribution is 5.50. The van der Waals surface area contributed by atoms with Gasteiger partial charge in [-0.25, -0.2) is 0 Å². The maximum absolute atomic E-state index is 6.23. The topological polar surface area (TPSA) is 29.3 Å². The molecular weight excluding hydrogens is 232 g/mol. The fraction of sp³-hybridized carbons (Fsp3) is 0.647. The minimum absolute atomic E-state index is 0.117. The molecule has 1 saturated carbocycles. The molecule has 2 heteroatoms. The van der Waals surface area contributed by atoms with Crippen molar-refractivity contribution in [2.24, 2.45) is 17.6 Å². The Morgan fingerprint density at radius 2 is 2.11 bits per heavy atom. The van der Waals surface area contributed by atoms with Crippen molar-refractivity contribution < 1.29 is 0 Å². The smallest absolute Gasteiger partial charge is 0.0548 e. The van der Waals surface area contributed by atoms with E-state index in [1.165, 1.54) is 30.5 Å². The normalized spacial score (nSPS) is 31.2. The maximum Gasteiger partial charge on any atom is 0.0548 e. The quantitative estimate of drug-likeness (QED) is 0.900. The Balaban J connectivity index is 2.35. The number of rotatable bonds is 3. The lowest BCUT2D eigenvalue weighted by Gasteiger charge is -2.52. The van der Waals surface area contributed by atoms with E-state index in [1.807, 2.05) is 0 Å². The number of hydrogen-bond donors (Lipinski definition) is 1. The van der Waals surface area contributed by atoms with Crippen LogP contribution in [0.15, 0.2) is 24.3 Å². The van der Waals surface area contributed by atoms with E-state index in [1.54, 1.807) is 0 Å². The van der Waals surface area contributed by atoms with Crippen LogP contribution in [-0.4, -0.2) is 19.1 Å². The first-order valence-corrected chi connectivity index (χ1v) is 7.52. The van der Waals surface area contributed by atoms with Crippen molar-refractivity contribution in [2.45, 2.75) is 45.6 Å². The van der Waals surface area contributed by atoms with Gasteiger partial charge in [-0.1, -0.05) is 38.8 Å². The van der Waals surface area contributed by atoms with Crippen molar-refractivity contribution in [1.82, 2.24) is 0 Å². The molecule has 1 fully saturated rings. The van der Waals surface area contributed by atoms with E-state index in [0.717, 1.165) is 12.5 Å². The van der Waals surface area contributed by atoms with Gasteiger partial charge in [0.15, 0.2) is 0 Å². The number of hydrogen-bond acceptors (Lipinski definition) is 2. The van der Waals surface area contributed by atoms with Crippen LogP contribution in [0, 0.1) is 18.8 Å². The van der Waals surface area contributed by atoms with Crippen LogP contribution >= 0.6 is 0 Å². The molecule has 106 valence electrons. The zero-order chi connectivity index (χ0) is 14.0. The highest BCUT2D eigenvalue weighted by Crippen LogP contribution is 2.42. The summed E-state index contributed by atoms with van der Waals surface area (Å²) in [7, 11) is 2.22.